The number of hydrogen-bond acceptors (Lipinski definition) is 6. The Kier molecular flexibility index (Phi) is 4.01. The van der Waals surface area contributed by atoms with Crippen molar-refractivity contribution in [1.29, 1.82) is 0 Å². The normalized spacial score (nSPS) is 18.1. The van der Waals surface area contributed by atoms with E-state index in [0.717, 1.165) is 48.5 Å². The fourth-order valence-corrected chi connectivity index (χ4v) is 3.89. The summed E-state index contributed by atoms with van der Waals surface area (Å²) >= 11 is 0. The summed E-state index contributed by atoms with van der Waals surface area (Å²) in [5.74, 6) is 1.39. The van der Waals surface area contributed by atoms with Gasteiger partial charge in [-0.1, -0.05) is 6.92 Å². The van der Waals surface area contributed by atoms with Gasteiger partial charge in [-0.15, -0.1) is 0 Å². The van der Waals surface area contributed by atoms with Crippen molar-refractivity contribution in [2.45, 2.75) is 39.3 Å². The van der Waals surface area contributed by atoms with Crippen molar-refractivity contribution in [3.63, 3.8) is 0 Å². The predicted molar refractivity (Wildman–Crippen MR) is 109 cm³/mol. The summed E-state index contributed by atoms with van der Waals surface area (Å²) in [7, 11) is 3.86. The maximum Gasteiger partial charge on any atom is 0.229 e. The van der Waals surface area contributed by atoms with Gasteiger partial charge in [0.2, 0.25) is 5.95 Å². The van der Waals surface area contributed by atoms with Crippen LogP contribution in [-0.2, 0) is 19.5 Å². The van der Waals surface area contributed by atoms with Crippen LogP contribution in [0.15, 0.2) is 24.5 Å². The molecule has 146 valence electrons. The fourth-order valence-electron chi connectivity index (χ4n) is 3.89. The second-order valence-corrected chi connectivity index (χ2v) is 8.52. The smallest absolute Gasteiger partial charge is 0.229 e. The Labute approximate surface area is 164 Å². The van der Waals surface area contributed by atoms with Crippen molar-refractivity contribution in [3.05, 3.63) is 35.7 Å². The number of anilines is 2. The highest BCUT2D eigenvalue weighted by molar-refractivity contribution is 5.76. The zero-order chi connectivity index (χ0) is 19.3. The van der Waals surface area contributed by atoms with Crippen LogP contribution in [0.2, 0.25) is 0 Å². The number of rotatable bonds is 5. The quantitative estimate of drug-likeness (QED) is 0.734. The van der Waals surface area contributed by atoms with Gasteiger partial charge in [-0.05, 0) is 55.0 Å². The SMILES string of the molecule is COc1cc2c(cc1Nc1ncc3cnn(CC4(C)CC4)c3n1)CN(C)CC2. The van der Waals surface area contributed by atoms with Crippen LogP contribution in [0.5, 0.6) is 5.75 Å². The van der Waals surface area contributed by atoms with E-state index < -0.39 is 0 Å². The molecule has 5 rings (SSSR count). The largest absolute Gasteiger partial charge is 0.495 e. The Morgan fingerprint density at radius 2 is 2.07 bits per heavy atom. The predicted octanol–water partition coefficient (Wildman–Crippen LogP) is 3.37. The molecular formula is C21H26N6O. The zero-order valence-electron chi connectivity index (χ0n) is 16.7. The summed E-state index contributed by atoms with van der Waals surface area (Å²) in [5, 5.41) is 8.86. The minimum absolute atomic E-state index is 0.366. The molecule has 1 N–H and O–H groups in total. The minimum Gasteiger partial charge on any atom is -0.495 e. The highest BCUT2D eigenvalue weighted by Gasteiger charge is 2.38. The van der Waals surface area contributed by atoms with Crippen molar-refractivity contribution >= 4 is 22.7 Å². The molecule has 0 saturated heterocycles. The maximum atomic E-state index is 5.63. The molecule has 0 amide bonds. The monoisotopic (exact) mass is 378 g/mol. The molecule has 1 aromatic carbocycles. The molecule has 7 heteroatoms. The summed E-state index contributed by atoms with van der Waals surface area (Å²) in [4.78, 5) is 11.6. The lowest BCUT2D eigenvalue weighted by atomic mass is 9.99. The maximum absolute atomic E-state index is 5.63. The van der Waals surface area contributed by atoms with Crippen molar-refractivity contribution in [1.82, 2.24) is 24.6 Å². The lowest BCUT2D eigenvalue weighted by molar-refractivity contribution is 0.312. The van der Waals surface area contributed by atoms with Gasteiger partial charge in [0.05, 0.1) is 24.4 Å². The van der Waals surface area contributed by atoms with Gasteiger partial charge in [-0.25, -0.2) is 9.67 Å². The molecule has 3 heterocycles. The number of hydrogen-bond donors (Lipinski definition) is 1. The Morgan fingerprint density at radius 1 is 1.21 bits per heavy atom. The second-order valence-electron chi connectivity index (χ2n) is 8.52. The van der Waals surface area contributed by atoms with E-state index in [1.165, 1.54) is 24.0 Å². The summed E-state index contributed by atoms with van der Waals surface area (Å²) in [6.07, 6.45) is 7.24. The van der Waals surface area contributed by atoms with Gasteiger partial charge in [0, 0.05) is 25.8 Å². The molecule has 28 heavy (non-hydrogen) atoms. The van der Waals surface area contributed by atoms with Gasteiger partial charge in [0.1, 0.15) is 5.75 Å². The topological polar surface area (TPSA) is 68.1 Å². The van der Waals surface area contributed by atoms with E-state index in [0.29, 0.717) is 11.4 Å². The van der Waals surface area contributed by atoms with Gasteiger partial charge in [0.25, 0.3) is 0 Å². The van der Waals surface area contributed by atoms with Crippen LogP contribution >= 0.6 is 0 Å². The van der Waals surface area contributed by atoms with Gasteiger partial charge in [0.15, 0.2) is 5.65 Å². The highest BCUT2D eigenvalue weighted by atomic mass is 16.5. The molecule has 1 saturated carbocycles. The summed E-state index contributed by atoms with van der Waals surface area (Å²) in [6.45, 7) is 5.22. The zero-order valence-corrected chi connectivity index (χ0v) is 16.7. The molecule has 2 aliphatic rings. The first-order valence-corrected chi connectivity index (χ1v) is 9.87. The average molecular weight is 378 g/mol. The summed E-state index contributed by atoms with van der Waals surface area (Å²) in [5.41, 5.74) is 4.82. The van der Waals surface area contributed by atoms with Gasteiger partial charge >= 0.3 is 0 Å². The number of nitrogens with zero attached hydrogens (tertiary/aromatic N) is 5. The third kappa shape index (κ3) is 3.20. The molecule has 0 atom stereocenters. The van der Waals surface area contributed by atoms with Crippen LogP contribution in [0.1, 0.15) is 30.9 Å². The molecule has 0 radical (unpaired) electrons. The van der Waals surface area contributed by atoms with E-state index >= 15 is 0 Å². The minimum atomic E-state index is 0.366. The van der Waals surface area contributed by atoms with E-state index in [1.807, 2.05) is 17.1 Å². The van der Waals surface area contributed by atoms with Crippen LogP contribution in [0.3, 0.4) is 0 Å². The van der Waals surface area contributed by atoms with Crippen molar-refractivity contribution in [2.75, 3.05) is 26.0 Å². The number of fused-ring (bicyclic) bond motifs is 2. The Bertz CT molecular complexity index is 1040. The van der Waals surface area contributed by atoms with Crippen molar-refractivity contribution < 1.29 is 4.74 Å². The van der Waals surface area contributed by atoms with Crippen LogP contribution in [0.4, 0.5) is 11.6 Å². The summed E-state index contributed by atoms with van der Waals surface area (Å²) in [6, 6.07) is 4.31. The third-order valence-corrected chi connectivity index (χ3v) is 5.98. The van der Waals surface area contributed by atoms with Crippen molar-refractivity contribution in [3.8, 4) is 5.75 Å². The van der Waals surface area contributed by atoms with Gasteiger partial charge in [-0.2, -0.15) is 10.1 Å². The number of ether oxygens (including phenoxy) is 1. The fraction of sp³-hybridized carbons (Fsp3) is 0.476. The number of likely N-dealkylation sites (N-methyl/N-ethyl adjacent to an activating group) is 1. The van der Waals surface area contributed by atoms with Gasteiger partial charge in [-0.3, -0.25) is 0 Å². The van der Waals surface area contributed by atoms with E-state index in [1.54, 1.807) is 7.11 Å². The lowest BCUT2D eigenvalue weighted by Crippen LogP contribution is -2.26. The van der Waals surface area contributed by atoms with Crippen LogP contribution < -0.4 is 10.1 Å². The van der Waals surface area contributed by atoms with Gasteiger partial charge < -0.3 is 15.0 Å². The molecule has 0 spiro atoms. The van der Waals surface area contributed by atoms with E-state index in [2.05, 4.69) is 46.4 Å². The molecule has 0 unspecified atom stereocenters. The number of nitrogens with one attached hydrogen (secondary N) is 1. The first-order chi connectivity index (χ1) is 13.5. The first kappa shape index (κ1) is 17.4. The molecule has 0 bridgehead atoms. The molecule has 7 nitrogen and oxygen atoms in total. The Hall–Kier alpha value is -2.67. The van der Waals surface area contributed by atoms with E-state index in [9.17, 15) is 0 Å². The number of methoxy groups -OCH3 is 1. The Balaban J connectivity index is 1.47. The lowest BCUT2D eigenvalue weighted by Gasteiger charge is -2.26. The molecule has 2 aromatic heterocycles. The molecule has 3 aromatic rings. The molecule has 1 fully saturated rings. The summed E-state index contributed by atoms with van der Waals surface area (Å²) < 4.78 is 7.64. The van der Waals surface area contributed by atoms with E-state index in [4.69, 9.17) is 9.72 Å². The number of aromatic nitrogens is 4. The second kappa shape index (κ2) is 6.44. The highest BCUT2D eigenvalue weighted by Crippen LogP contribution is 2.46. The first-order valence-electron chi connectivity index (χ1n) is 9.87. The van der Waals surface area contributed by atoms with Crippen LogP contribution in [0, 0.1) is 5.41 Å². The standard InChI is InChI=1S/C21H26N6O/c1-21(5-6-21)13-27-19-16(11-23-27)10-22-20(25-19)24-17-8-15-12-26(2)7-4-14(15)9-18(17)28-3/h8-11H,4-7,12-13H2,1-3H3,(H,22,24,25). The van der Waals surface area contributed by atoms with Crippen molar-refractivity contribution in [2.24, 2.45) is 5.41 Å². The molecular weight excluding hydrogens is 352 g/mol. The van der Waals surface area contributed by atoms with Crippen LogP contribution in [0.25, 0.3) is 11.0 Å². The average Bonchev–Trinajstić information content (AvgIpc) is 3.29. The number of benzene rings is 1. The Morgan fingerprint density at radius 3 is 2.86 bits per heavy atom. The van der Waals surface area contributed by atoms with E-state index in [-0.39, 0.29) is 0 Å². The molecule has 1 aliphatic heterocycles. The third-order valence-electron chi connectivity index (χ3n) is 5.98. The molecule has 1 aliphatic carbocycles. The van der Waals surface area contributed by atoms with Crippen LogP contribution in [-0.4, -0.2) is 45.4 Å².